The average molecular weight is 306 g/mol. The van der Waals surface area contributed by atoms with Crippen molar-refractivity contribution in [1.29, 1.82) is 0 Å². The second kappa shape index (κ2) is 4.83. The van der Waals surface area contributed by atoms with E-state index in [2.05, 4.69) is 21.2 Å². The summed E-state index contributed by atoms with van der Waals surface area (Å²) >= 11 is 3.22. The number of rotatable bonds is 3. The Bertz CT molecular complexity index is 542. The highest BCUT2D eigenvalue weighted by molar-refractivity contribution is 9.10. The van der Waals surface area contributed by atoms with E-state index in [9.17, 15) is 13.2 Å². The molecule has 1 heterocycles. The maximum Gasteiger partial charge on any atom is 0.161 e. The summed E-state index contributed by atoms with van der Waals surface area (Å²) < 4.78 is 44.6. The van der Waals surface area contributed by atoms with Gasteiger partial charge in [0.15, 0.2) is 11.6 Å². The van der Waals surface area contributed by atoms with Gasteiger partial charge in [-0.25, -0.2) is 13.2 Å². The van der Waals surface area contributed by atoms with Crippen LogP contribution >= 0.6 is 15.9 Å². The number of hydrogen-bond acceptors (Lipinski definition) is 2. The van der Waals surface area contributed by atoms with E-state index in [0.717, 1.165) is 6.07 Å². The molecule has 0 bridgehead atoms. The molecule has 90 valence electrons. The molecular weight excluding hydrogens is 299 g/mol. The van der Waals surface area contributed by atoms with Crippen molar-refractivity contribution in [3.05, 3.63) is 52.1 Å². The number of anilines is 1. The zero-order chi connectivity index (χ0) is 12.4. The molecule has 1 N–H and O–H groups in total. The van der Waals surface area contributed by atoms with Crippen LogP contribution in [0.1, 0.15) is 5.76 Å². The Morgan fingerprint density at radius 2 is 1.82 bits per heavy atom. The Balaban J connectivity index is 2.14. The highest BCUT2D eigenvalue weighted by Crippen LogP contribution is 2.22. The smallest absolute Gasteiger partial charge is 0.161 e. The lowest BCUT2D eigenvalue weighted by molar-refractivity contribution is 0.494. The van der Waals surface area contributed by atoms with Gasteiger partial charge in [0.25, 0.3) is 0 Å². The van der Waals surface area contributed by atoms with Crippen LogP contribution in [0, 0.1) is 17.5 Å². The molecule has 2 rings (SSSR count). The zero-order valence-electron chi connectivity index (χ0n) is 8.44. The number of benzene rings is 1. The van der Waals surface area contributed by atoms with Crippen molar-refractivity contribution >= 4 is 21.6 Å². The molecule has 0 aliphatic carbocycles. The maximum absolute atomic E-state index is 13.2. The third-order valence-electron chi connectivity index (χ3n) is 2.14. The summed E-state index contributed by atoms with van der Waals surface area (Å²) in [5.74, 6) is -2.64. The van der Waals surface area contributed by atoms with E-state index in [0.29, 0.717) is 16.3 Å². The summed E-state index contributed by atoms with van der Waals surface area (Å²) in [6, 6.07) is 2.94. The van der Waals surface area contributed by atoms with E-state index >= 15 is 0 Å². The Kier molecular flexibility index (Phi) is 3.42. The number of hydrogen-bond donors (Lipinski definition) is 1. The molecule has 0 amide bonds. The van der Waals surface area contributed by atoms with Crippen molar-refractivity contribution in [2.75, 3.05) is 5.32 Å². The van der Waals surface area contributed by atoms with Gasteiger partial charge in [-0.3, -0.25) is 0 Å². The molecule has 6 heteroatoms. The molecule has 2 aromatic rings. The lowest BCUT2D eigenvalue weighted by atomic mass is 10.2. The predicted octanol–water partition coefficient (Wildman–Crippen LogP) is 4.07. The molecule has 1 aromatic heterocycles. The molecule has 0 spiro atoms. The normalized spacial score (nSPS) is 10.6. The van der Waals surface area contributed by atoms with Gasteiger partial charge in [0.05, 0.1) is 23.0 Å². The maximum atomic E-state index is 13.2. The SMILES string of the molecule is Fc1cc(F)c(NCc2occc2Br)cc1F. The molecule has 1 aromatic carbocycles. The van der Waals surface area contributed by atoms with Crippen molar-refractivity contribution in [2.45, 2.75) is 6.54 Å². The summed E-state index contributed by atoms with van der Waals surface area (Å²) in [7, 11) is 0. The van der Waals surface area contributed by atoms with Crippen LogP contribution in [-0.4, -0.2) is 0 Å². The van der Waals surface area contributed by atoms with Crippen molar-refractivity contribution in [1.82, 2.24) is 0 Å². The molecular formula is C11H7BrF3NO. The highest BCUT2D eigenvalue weighted by Gasteiger charge is 2.10. The highest BCUT2D eigenvalue weighted by atomic mass is 79.9. The van der Waals surface area contributed by atoms with Gasteiger partial charge < -0.3 is 9.73 Å². The van der Waals surface area contributed by atoms with Crippen LogP contribution in [0.2, 0.25) is 0 Å². The molecule has 0 aliphatic rings. The van der Waals surface area contributed by atoms with E-state index < -0.39 is 17.5 Å². The molecule has 0 unspecified atom stereocenters. The quantitative estimate of drug-likeness (QED) is 0.865. The summed E-state index contributed by atoms with van der Waals surface area (Å²) in [6.07, 6.45) is 1.46. The third kappa shape index (κ3) is 2.63. The van der Waals surface area contributed by atoms with Crippen LogP contribution in [0.5, 0.6) is 0 Å². The topological polar surface area (TPSA) is 25.2 Å². The standard InChI is InChI=1S/C11H7BrF3NO/c12-6-1-2-17-11(6)5-16-10-4-8(14)7(13)3-9(10)15/h1-4,16H,5H2. The van der Waals surface area contributed by atoms with Gasteiger partial charge in [0.2, 0.25) is 0 Å². The van der Waals surface area contributed by atoms with Crippen LogP contribution in [0.15, 0.2) is 33.4 Å². The van der Waals surface area contributed by atoms with Gasteiger partial charge in [-0.05, 0) is 22.0 Å². The van der Waals surface area contributed by atoms with Gasteiger partial charge in [-0.15, -0.1) is 0 Å². The second-order valence-corrected chi connectivity index (χ2v) is 4.15. The van der Waals surface area contributed by atoms with E-state index in [1.54, 1.807) is 6.07 Å². The van der Waals surface area contributed by atoms with Gasteiger partial charge in [-0.1, -0.05) is 0 Å². The van der Waals surface area contributed by atoms with Crippen LogP contribution in [0.25, 0.3) is 0 Å². The fraction of sp³-hybridized carbons (Fsp3) is 0.0909. The van der Waals surface area contributed by atoms with Crippen LogP contribution in [0.3, 0.4) is 0 Å². The van der Waals surface area contributed by atoms with Gasteiger partial charge in [-0.2, -0.15) is 0 Å². The lowest BCUT2D eigenvalue weighted by Gasteiger charge is -2.06. The molecule has 2 nitrogen and oxygen atoms in total. The van der Waals surface area contributed by atoms with Crippen molar-refractivity contribution in [2.24, 2.45) is 0 Å². The van der Waals surface area contributed by atoms with Crippen LogP contribution < -0.4 is 5.32 Å². The zero-order valence-corrected chi connectivity index (χ0v) is 10.0. The first-order valence-corrected chi connectivity index (χ1v) is 5.47. The van der Waals surface area contributed by atoms with Crippen molar-refractivity contribution in [3.8, 4) is 0 Å². The fourth-order valence-corrected chi connectivity index (χ4v) is 1.63. The first kappa shape index (κ1) is 12.0. The molecule has 0 radical (unpaired) electrons. The third-order valence-corrected chi connectivity index (χ3v) is 2.85. The van der Waals surface area contributed by atoms with Crippen molar-refractivity contribution in [3.63, 3.8) is 0 Å². The minimum Gasteiger partial charge on any atom is -0.466 e. The molecule has 0 aliphatic heterocycles. The molecule has 0 fully saturated rings. The van der Waals surface area contributed by atoms with E-state index in [4.69, 9.17) is 4.42 Å². The van der Waals surface area contributed by atoms with Gasteiger partial charge in [0, 0.05) is 12.1 Å². The van der Waals surface area contributed by atoms with E-state index in [1.807, 2.05) is 0 Å². The Morgan fingerprint density at radius 1 is 1.12 bits per heavy atom. The fourth-order valence-electron chi connectivity index (χ4n) is 1.28. The summed E-state index contributed by atoms with van der Waals surface area (Å²) in [5.41, 5.74) is -0.118. The number of nitrogens with one attached hydrogen (secondary N) is 1. The number of halogens is 4. The lowest BCUT2D eigenvalue weighted by Crippen LogP contribution is -2.02. The largest absolute Gasteiger partial charge is 0.466 e. The Hall–Kier alpha value is -1.43. The minimum atomic E-state index is -1.22. The van der Waals surface area contributed by atoms with E-state index in [-0.39, 0.29) is 12.2 Å². The molecule has 0 atom stereocenters. The van der Waals surface area contributed by atoms with Gasteiger partial charge >= 0.3 is 0 Å². The molecule has 0 saturated heterocycles. The summed E-state index contributed by atoms with van der Waals surface area (Å²) in [6.45, 7) is 0.162. The average Bonchev–Trinajstić information content (AvgIpc) is 2.68. The first-order chi connectivity index (χ1) is 8.08. The second-order valence-electron chi connectivity index (χ2n) is 3.29. The Labute approximate surface area is 104 Å². The Morgan fingerprint density at radius 3 is 2.47 bits per heavy atom. The molecule has 17 heavy (non-hydrogen) atoms. The van der Waals surface area contributed by atoms with Crippen molar-refractivity contribution < 1.29 is 17.6 Å². The minimum absolute atomic E-state index is 0.118. The van der Waals surface area contributed by atoms with E-state index in [1.165, 1.54) is 6.26 Å². The molecule has 0 saturated carbocycles. The van der Waals surface area contributed by atoms with Crippen LogP contribution in [0.4, 0.5) is 18.9 Å². The van der Waals surface area contributed by atoms with Gasteiger partial charge in [0.1, 0.15) is 11.6 Å². The summed E-state index contributed by atoms with van der Waals surface area (Å²) in [4.78, 5) is 0. The monoisotopic (exact) mass is 305 g/mol. The number of furan rings is 1. The predicted molar refractivity (Wildman–Crippen MR) is 60.1 cm³/mol. The summed E-state index contributed by atoms with van der Waals surface area (Å²) in [5, 5.41) is 2.62. The first-order valence-electron chi connectivity index (χ1n) is 4.68. The van der Waals surface area contributed by atoms with Crippen LogP contribution in [-0.2, 0) is 6.54 Å².